The second-order valence-electron chi connectivity index (χ2n) is 2.80. The zero-order chi connectivity index (χ0) is 11.2. The summed E-state index contributed by atoms with van der Waals surface area (Å²) in [5.74, 6) is -1.15. The van der Waals surface area contributed by atoms with Crippen LogP contribution in [-0.4, -0.2) is 30.3 Å². The molecule has 14 heavy (non-hydrogen) atoms. The van der Waals surface area contributed by atoms with Crippen LogP contribution in [0.4, 0.5) is 13.2 Å². The molecule has 0 spiro atoms. The molecule has 0 saturated carbocycles. The minimum absolute atomic E-state index is 0.00713. The third-order valence-corrected chi connectivity index (χ3v) is 1.45. The molecule has 0 unspecified atom stereocenters. The molecular weight excluding hydrogens is 199 g/mol. The van der Waals surface area contributed by atoms with E-state index in [0.717, 1.165) is 0 Å². The lowest BCUT2D eigenvalue weighted by molar-refractivity contribution is -0.135. The summed E-state index contributed by atoms with van der Waals surface area (Å²) in [6.07, 6.45) is -5.07. The molecule has 0 aromatic carbocycles. The van der Waals surface area contributed by atoms with Gasteiger partial charge in [-0.05, 0) is 13.0 Å². The van der Waals surface area contributed by atoms with Gasteiger partial charge in [0, 0.05) is 18.5 Å². The van der Waals surface area contributed by atoms with E-state index in [-0.39, 0.29) is 25.1 Å². The largest absolute Gasteiger partial charge is 0.478 e. The fourth-order valence-electron chi connectivity index (χ4n) is 0.729. The molecule has 0 heterocycles. The number of halogens is 3. The second kappa shape index (κ2) is 5.64. The van der Waals surface area contributed by atoms with E-state index in [1.807, 2.05) is 0 Å². The molecule has 6 heteroatoms. The van der Waals surface area contributed by atoms with Crippen LogP contribution in [0, 0.1) is 0 Å². The Hall–Kier alpha value is -1.04. The molecule has 0 aliphatic heterocycles. The van der Waals surface area contributed by atoms with Gasteiger partial charge in [0.1, 0.15) is 0 Å². The highest BCUT2D eigenvalue weighted by atomic mass is 19.4. The summed E-state index contributed by atoms with van der Waals surface area (Å²) >= 11 is 0. The lowest BCUT2D eigenvalue weighted by atomic mass is 10.3. The van der Waals surface area contributed by atoms with Gasteiger partial charge in [-0.2, -0.15) is 13.2 Å². The maximum atomic E-state index is 11.6. The van der Waals surface area contributed by atoms with Crippen molar-refractivity contribution in [2.24, 2.45) is 0 Å². The number of hydrogen-bond donors (Lipinski definition) is 2. The predicted molar refractivity (Wildman–Crippen MR) is 44.9 cm³/mol. The van der Waals surface area contributed by atoms with Gasteiger partial charge in [0.05, 0.1) is 0 Å². The summed E-state index contributed by atoms with van der Waals surface area (Å²) in [5, 5.41) is 10.9. The van der Waals surface area contributed by atoms with Gasteiger partial charge in [-0.15, -0.1) is 0 Å². The Morgan fingerprint density at radius 1 is 1.43 bits per heavy atom. The molecule has 82 valence electrons. The Morgan fingerprint density at radius 2 is 2.00 bits per heavy atom. The van der Waals surface area contributed by atoms with Crippen LogP contribution in [0.5, 0.6) is 0 Å². The van der Waals surface area contributed by atoms with E-state index >= 15 is 0 Å². The molecule has 0 saturated heterocycles. The van der Waals surface area contributed by atoms with Gasteiger partial charge in [0.15, 0.2) is 0 Å². The van der Waals surface area contributed by atoms with Crippen LogP contribution in [0.2, 0.25) is 0 Å². The molecule has 0 radical (unpaired) electrons. The molecule has 0 aliphatic carbocycles. The fraction of sp³-hybridized carbons (Fsp3) is 0.625. The minimum atomic E-state index is -4.15. The number of rotatable bonds is 6. The van der Waals surface area contributed by atoms with Crippen molar-refractivity contribution >= 4 is 5.97 Å². The Bertz CT molecular complexity index is 213. The molecule has 0 atom stereocenters. The third-order valence-electron chi connectivity index (χ3n) is 1.45. The monoisotopic (exact) mass is 211 g/mol. The van der Waals surface area contributed by atoms with Crippen molar-refractivity contribution in [3.8, 4) is 0 Å². The highest BCUT2D eigenvalue weighted by molar-refractivity contribution is 5.86. The topological polar surface area (TPSA) is 49.3 Å². The number of carboxylic acid groups (broad SMARTS) is 1. The van der Waals surface area contributed by atoms with Crippen molar-refractivity contribution in [1.82, 2.24) is 5.32 Å². The van der Waals surface area contributed by atoms with Crippen molar-refractivity contribution in [1.29, 1.82) is 0 Å². The first-order valence-electron chi connectivity index (χ1n) is 4.01. The quantitative estimate of drug-likeness (QED) is 0.517. The van der Waals surface area contributed by atoms with E-state index in [1.54, 1.807) is 0 Å². The Kier molecular flexibility index (Phi) is 5.22. The van der Waals surface area contributed by atoms with Gasteiger partial charge < -0.3 is 10.4 Å². The lowest BCUT2D eigenvalue weighted by Crippen LogP contribution is -2.22. The molecule has 3 nitrogen and oxygen atoms in total. The van der Waals surface area contributed by atoms with Crippen molar-refractivity contribution in [3.05, 3.63) is 12.2 Å². The van der Waals surface area contributed by atoms with E-state index in [9.17, 15) is 18.0 Å². The van der Waals surface area contributed by atoms with Crippen LogP contribution in [0.1, 0.15) is 12.8 Å². The average Bonchev–Trinajstić information content (AvgIpc) is 2.01. The first-order valence-corrected chi connectivity index (χ1v) is 4.01. The van der Waals surface area contributed by atoms with Crippen molar-refractivity contribution in [3.63, 3.8) is 0 Å². The number of carbonyl (C=O) groups is 1. The number of nitrogens with one attached hydrogen (secondary N) is 1. The maximum absolute atomic E-state index is 11.6. The summed E-state index contributed by atoms with van der Waals surface area (Å²) in [5.41, 5.74) is -0.0583. The van der Waals surface area contributed by atoms with E-state index in [1.165, 1.54) is 0 Å². The first kappa shape index (κ1) is 13.0. The van der Waals surface area contributed by atoms with Crippen LogP contribution in [0.25, 0.3) is 0 Å². The van der Waals surface area contributed by atoms with Crippen molar-refractivity contribution in [2.45, 2.75) is 19.0 Å². The normalized spacial score (nSPS) is 11.4. The number of carboxylic acids is 1. The van der Waals surface area contributed by atoms with Gasteiger partial charge >= 0.3 is 12.1 Å². The zero-order valence-corrected chi connectivity index (χ0v) is 7.52. The Labute approximate surface area is 79.6 Å². The highest BCUT2D eigenvalue weighted by Gasteiger charge is 2.25. The summed E-state index contributed by atoms with van der Waals surface area (Å²) in [6.45, 7) is 3.35. The van der Waals surface area contributed by atoms with Crippen LogP contribution in [-0.2, 0) is 4.79 Å². The molecule has 0 fully saturated rings. The zero-order valence-electron chi connectivity index (χ0n) is 7.52. The maximum Gasteiger partial charge on any atom is 0.389 e. The van der Waals surface area contributed by atoms with Gasteiger partial charge in [0.25, 0.3) is 0 Å². The molecule has 2 N–H and O–H groups in total. The molecule has 0 aliphatic rings. The smallest absolute Gasteiger partial charge is 0.389 e. The van der Waals surface area contributed by atoms with E-state index in [4.69, 9.17) is 5.11 Å². The van der Waals surface area contributed by atoms with E-state index in [0.29, 0.717) is 0 Å². The predicted octanol–water partition coefficient (Wildman–Crippen LogP) is 1.56. The standard InChI is InChI=1S/C8H12F3NO2/c1-6(7(13)14)5-12-4-2-3-8(9,10)11/h12H,1-5H2,(H,13,14). The Balaban J connectivity index is 3.39. The SMILES string of the molecule is C=C(CNCCCC(F)(F)F)C(=O)O. The van der Waals surface area contributed by atoms with Crippen LogP contribution in [0.15, 0.2) is 12.2 Å². The fourth-order valence-corrected chi connectivity index (χ4v) is 0.729. The molecule has 0 bridgehead atoms. The lowest BCUT2D eigenvalue weighted by Gasteiger charge is -2.06. The Morgan fingerprint density at radius 3 is 2.43 bits per heavy atom. The second-order valence-corrected chi connectivity index (χ2v) is 2.80. The van der Waals surface area contributed by atoms with Crippen LogP contribution >= 0.6 is 0 Å². The van der Waals surface area contributed by atoms with Gasteiger partial charge in [-0.25, -0.2) is 4.79 Å². The van der Waals surface area contributed by atoms with Crippen molar-refractivity contribution in [2.75, 3.05) is 13.1 Å². The molecule has 0 aromatic heterocycles. The van der Waals surface area contributed by atoms with Gasteiger partial charge in [-0.1, -0.05) is 6.58 Å². The van der Waals surface area contributed by atoms with Gasteiger partial charge in [0.2, 0.25) is 0 Å². The molecule has 0 rings (SSSR count). The van der Waals surface area contributed by atoms with Crippen molar-refractivity contribution < 1.29 is 23.1 Å². The average molecular weight is 211 g/mol. The number of hydrogen-bond acceptors (Lipinski definition) is 2. The summed E-state index contributed by atoms with van der Waals surface area (Å²) in [7, 11) is 0. The minimum Gasteiger partial charge on any atom is -0.478 e. The van der Waals surface area contributed by atoms with Crippen LogP contribution < -0.4 is 5.32 Å². The summed E-state index contributed by atoms with van der Waals surface area (Å²) in [6, 6.07) is 0. The highest BCUT2D eigenvalue weighted by Crippen LogP contribution is 2.20. The third kappa shape index (κ3) is 7.60. The molecular formula is C8H12F3NO2. The summed E-state index contributed by atoms with van der Waals surface area (Å²) in [4.78, 5) is 10.2. The number of aliphatic carboxylic acids is 1. The molecule has 0 amide bonds. The van der Waals surface area contributed by atoms with E-state index < -0.39 is 18.6 Å². The van der Waals surface area contributed by atoms with Gasteiger partial charge in [-0.3, -0.25) is 0 Å². The first-order chi connectivity index (χ1) is 6.33. The molecule has 0 aromatic rings. The summed E-state index contributed by atoms with van der Waals surface area (Å²) < 4.78 is 34.9. The van der Waals surface area contributed by atoms with Crippen LogP contribution in [0.3, 0.4) is 0 Å². The van der Waals surface area contributed by atoms with E-state index in [2.05, 4.69) is 11.9 Å². The number of alkyl halides is 3.